The van der Waals surface area contributed by atoms with E-state index in [0.29, 0.717) is 23.7 Å². The summed E-state index contributed by atoms with van der Waals surface area (Å²) >= 11 is 0. The SMILES string of the molecule is C=CCOc1ccc(C(=O)C=Cc2cc(C)c(OC(C)(C)C)cc2OC(C)(C)C)cc1. The summed E-state index contributed by atoms with van der Waals surface area (Å²) < 4.78 is 17.7. The molecule has 0 aliphatic heterocycles. The molecule has 4 heteroatoms. The highest BCUT2D eigenvalue weighted by molar-refractivity contribution is 6.07. The van der Waals surface area contributed by atoms with Crippen molar-refractivity contribution in [2.45, 2.75) is 59.7 Å². The molecule has 0 heterocycles. The minimum absolute atomic E-state index is 0.0929. The van der Waals surface area contributed by atoms with Gasteiger partial charge in [0.1, 0.15) is 35.1 Å². The number of aryl methyl sites for hydroxylation is 1. The molecule has 4 nitrogen and oxygen atoms in total. The number of hydrogen-bond donors (Lipinski definition) is 0. The maximum Gasteiger partial charge on any atom is 0.185 e. The first-order valence-corrected chi connectivity index (χ1v) is 10.5. The van der Waals surface area contributed by atoms with E-state index in [1.165, 1.54) is 0 Å². The Morgan fingerprint density at radius 1 is 0.935 bits per heavy atom. The summed E-state index contributed by atoms with van der Waals surface area (Å²) in [5, 5.41) is 0. The molecule has 0 bridgehead atoms. The number of rotatable bonds is 8. The molecule has 31 heavy (non-hydrogen) atoms. The number of hydrogen-bond acceptors (Lipinski definition) is 4. The predicted molar refractivity (Wildman–Crippen MR) is 127 cm³/mol. The van der Waals surface area contributed by atoms with Crippen molar-refractivity contribution in [3.63, 3.8) is 0 Å². The van der Waals surface area contributed by atoms with Gasteiger partial charge in [-0.25, -0.2) is 0 Å². The zero-order valence-corrected chi connectivity index (χ0v) is 19.7. The van der Waals surface area contributed by atoms with Crippen LogP contribution in [0.5, 0.6) is 17.2 Å². The molecular weight excluding hydrogens is 388 g/mol. The molecular formula is C27H34O4. The average molecular weight is 423 g/mol. The van der Waals surface area contributed by atoms with Crippen LogP contribution in [0.2, 0.25) is 0 Å². The van der Waals surface area contributed by atoms with Crippen LogP contribution < -0.4 is 14.2 Å². The largest absolute Gasteiger partial charge is 0.490 e. The van der Waals surface area contributed by atoms with Gasteiger partial charge in [-0.3, -0.25) is 4.79 Å². The summed E-state index contributed by atoms with van der Waals surface area (Å²) in [6.07, 6.45) is 5.03. The van der Waals surface area contributed by atoms with Gasteiger partial charge in [-0.05, 0) is 96.5 Å². The molecule has 0 unspecified atom stereocenters. The summed E-state index contributed by atoms with van der Waals surface area (Å²) in [5.41, 5.74) is 1.69. The van der Waals surface area contributed by atoms with Crippen molar-refractivity contribution in [3.05, 3.63) is 71.8 Å². The number of ketones is 1. The van der Waals surface area contributed by atoms with Crippen LogP contribution in [0.25, 0.3) is 6.08 Å². The maximum atomic E-state index is 12.7. The molecule has 0 fully saturated rings. The number of carbonyl (C=O) groups is 1. The minimum Gasteiger partial charge on any atom is -0.490 e. The van der Waals surface area contributed by atoms with E-state index in [4.69, 9.17) is 14.2 Å². The van der Waals surface area contributed by atoms with E-state index in [9.17, 15) is 4.79 Å². The highest BCUT2D eigenvalue weighted by Crippen LogP contribution is 2.34. The molecule has 0 saturated carbocycles. The fraction of sp³-hybridized carbons (Fsp3) is 0.370. The Bertz CT molecular complexity index is 939. The molecule has 0 aliphatic carbocycles. The molecule has 0 spiro atoms. The highest BCUT2D eigenvalue weighted by Gasteiger charge is 2.19. The van der Waals surface area contributed by atoms with Crippen molar-refractivity contribution in [1.29, 1.82) is 0 Å². The lowest BCUT2D eigenvalue weighted by molar-refractivity contribution is 0.104. The van der Waals surface area contributed by atoms with Crippen molar-refractivity contribution in [3.8, 4) is 17.2 Å². The first-order chi connectivity index (χ1) is 14.4. The number of carbonyl (C=O) groups excluding carboxylic acids is 1. The second-order valence-corrected chi connectivity index (χ2v) is 9.41. The van der Waals surface area contributed by atoms with Crippen molar-refractivity contribution >= 4 is 11.9 Å². The monoisotopic (exact) mass is 422 g/mol. The van der Waals surface area contributed by atoms with Gasteiger partial charge in [0, 0.05) is 17.2 Å². The van der Waals surface area contributed by atoms with E-state index in [1.807, 2.05) is 60.6 Å². The van der Waals surface area contributed by atoms with Gasteiger partial charge in [0.05, 0.1) is 0 Å². The lowest BCUT2D eigenvalue weighted by Gasteiger charge is -2.26. The van der Waals surface area contributed by atoms with E-state index >= 15 is 0 Å². The Morgan fingerprint density at radius 2 is 1.52 bits per heavy atom. The van der Waals surface area contributed by atoms with Crippen molar-refractivity contribution in [2.75, 3.05) is 6.61 Å². The fourth-order valence-electron chi connectivity index (χ4n) is 2.81. The van der Waals surface area contributed by atoms with Gasteiger partial charge < -0.3 is 14.2 Å². The molecule has 0 saturated heterocycles. The fourth-order valence-corrected chi connectivity index (χ4v) is 2.81. The average Bonchev–Trinajstić information content (AvgIpc) is 2.65. The van der Waals surface area contributed by atoms with Crippen molar-refractivity contribution in [1.82, 2.24) is 0 Å². The van der Waals surface area contributed by atoms with Gasteiger partial charge in [0.15, 0.2) is 5.78 Å². The Morgan fingerprint density at radius 3 is 2.06 bits per heavy atom. The Balaban J connectivity index is 2.30. The predicted octanol–water partition coefficient (Wildman–Crippen LogP) is 6.81. The van der Waals surface area contributed by atoms with E-state index in [1.54, 1.807) is 42.5 Å². The molecule has 166 valence electrons. The Hall–Kier alpha value is -3.01. The molecule has 2 rings (SSSR count). The van der Waals surface area contributed by atoms with Gasteiger partial charge in [-0.2, -0.15) is 0 Å². The zero-order chi connectivity index (χ0) is 23.2. The molecule has 2 aromatic carbocycles. The number of ether oxygens (including phenoxy) is 3. The van der Waals surface area contributed by atoms with E-state index in [2.05, 4.69) is 6.58 Å². The van der Waals surface area contributed by atoms with Crippen LogP contribution in [0.4, 0.5) is 0 Å². The molecule has 0 amide bonds. The Labute approximate surface area is 186 Å². The molecule has 0 aromatic heterocycles. The number of allylic oxidation sites excluding steroid dienone is 1. The van der Waals surface area contributed by atoms with Gasteiger partial charge in [-0.15, -0.1) is 0 Å². The second-order valence-electron chi connectivity index (χ2n) is 9.41. The van der Waals surface area contributed by atoms with Crippen molar-refractivity contribution < 1.29 is 19.0 Å². The molecule has 2 aromatic rings. The first-order valence-electron chi connectivity index (χ1n) is 10.5. The zero-order valence-electron chi connectivity index (χ0n) is 19.7. The minimum atomic E-state index is -0.387. The second kappa shape index (κ2) is 9.86. The third-order valence-electron chi connectivity index (χ3n) is 4.06. The van der Waals surface area contributed by atoms with Crippen LogP contribution in [-0.2, 0) is 0 Å². The standard InChI is InChI=1S/C27H34O4/c1-9-16-29-22-13-10-20(11-14-22)23(28)15-12-21-17-19(2)24(30-26(3,4)5)18-25(21)31-27(6,7)8/h9-15,17-18H,1,16H2,2-8H3. The summed E-state index contributed by atoms with van der Waals surface area (Å²) in [5.74, 6) is 2.05. The van der Waals surface area contributed by atoms with Crippen LogP contribution >= 0.6 is 0 Å². The van der Waals surface area contributed by atoms with E-state index < -0.39 is 0 Å². The number of benzene rings is 2. The molecule has 0 aliphatic rings. The third kappa shape index (κ3) is 7.97. The van der Waals surface area contributed by atoms with Gasteiger partial charge in [-0.1, -0.05) is 12.7 Å². The summed E-state index contributed by atoms with van der Waals surface area (Å²) in [7, 11) is 0. The normalized spacial score (nSPS) is 12.0. The van der Waals surface area contributed by atoms with E-state index in [-0.39, 0.29) is 17.0 Å². The van der Waals surface area contributed by atoms with Gasteiger partial charge >= 0.3 is 0 Å². The van der Waals surface area contributed by atoms with Crippen LogP contribution in [0.1, 0.15) is 63.0 Å². The van der Waals surface area contributed by atoms with Gasteiger partial charge in [0.2, 0.25) is 0 Å². The lowest BCUT2D eigenvalue weighted by Crippen LogP contribution is -2.25. The smallest absolute Gasteiger partial charge is 0.185 e. The van der Waals surface area contributed by atoms with Crippen LogP contribution in [0.15, 0.2) is 55.1 Å². The summed E-state index contributed by atoms with van der Waals surface area (Å²) in [6.45, 7) is 18.1. The van der Waals surface area contributed by atoms with Crippen LogP contribution in [-0.4, -0.2) is 23.6 Å². The first kappa shape index (κ1) is 24.3. The van der Waals surface area contributed by atoms with Gasteiger partial charge in [0.25, 0.3) is 0 Å². The molecule has 0 atom stereocenters. The topological polar surface area (TPSA) is 44.8 Å². The van der Waals surface area contributed by atoms with Crippen molar-refractivity contribution in [2.24, 2.45) is 0 Å². The van der Waals surface area contributed by atoms with Crippen LogP contribution in [0, 0.1) is 6.92 Å². The summed E-state index contributed by atoms with van der Waals surface area (Å²) in [6, 6.07) is 11.0. The highest BCUT2D eigenvalue weighted by atomic mass is 16.5. The van der Waals surface area contributed by atoms with E-state index in [0.717, 1.165) is 16.9 Å². The Kier molecular flexibility index (Phi) is 7.72. The lowest BCUT2D eigenvalue weighted by atomic mass is 10.0. The molecule has 0 N–H and O–H groups in total. The molecule has 0 radical (unpaired) electrons. The van der Waals surface area contributed by atoms with Crippen LogP contribution in [0.3, 0.4) is 0 Å². The quantitative estimate of drug-likeness (QED) is 0.266. The third-order valence-corrected chi connectivity index (χ3v) is 4.06. The summed E-state index contributed by atoms with van der Waals surface area (Å²) in [4.78, 5) is 12.7. The maximum absolute atomic E-state index is 12.7.